The SMILES string of the molecule is CNC(=O)COC(=O)[C@@H]1C[C@@H](O)CN1S(=O)(=O)c1ccc(C)c(C)c1. The fourth-order valence-electron chi connectivity index (χ4n) is 2.58. The first kappa shape index (κ1) is 19.4. The van der Waals surface area contributed by atoms with E-state index in [2.05, 4.69) is 5.32 Å². The molecule has 8 nitrogen and oxygen atoms in total. The Morgan fingerprint density at radius 3 is 2.60 bits per heavy atom. The average molecular weight is 370 g/mol. The largest absolute Gasteiger partial charge is 0.454 e. The fourth-order valence-corrected chi connectivity index (χ4v) is 4.29. The molecular formula is C16H22N2O6S. The molecule has 1 aromatic carbocycles. The van der Waals surface area contributed by atoms with E-state index in [0.717, 1.165) is 15.4 Å². The van der Waals surface area contributed by atoms with Gasteiger partial charge in [0.05, 0.1) is 11.0 Å². The molecule has 1 aliphatic heterocycles. The summed E-state index contributed by atoms with van der Waals surface area (Å²) in [6, 6.07) is 3.52. The molecule has 2 rings (SSSR count). The van der Waals surface area contributed by atoms with Crippen LogP contribution in [0.1, 0.15) is 17.5 Å². The summed E-state index contributed by atoms with van der Waals surface area (Å²) in [5.74, 6) is -1.36. The van der Waals surface area contributed by atoms with E-state index in [0.29, 0.717) is 0 Å². The average Bonchev–Trinajstić information content (AvgIpc) is 2.97. The first-order chi connectivity index (χ1) is 11.7. The Morgan fingerprint density at radius 2 is 2.00 bits per heavy atom. The molecule has 0 unspecified atom stereocenters. The highest BCUT2D eigenvalue weighted by Crippen LogP contribution is 2.28. The molecule has 138 valence electrons. The Hall–Kier alpha value is -1.97. The smallest absolute Gasteiger partial charge is 0.325 e. The summed E-state index contributed by atoms with van der Waals surface area (Å²) in [5.41, 5.74) is 1.75. The molecule has 1 amide bonds. The number of aryl methyl sites for hydroxylation is 2. The first-order valence-corrected chi connectivity index (χ1v) is 9.25. The predicted octanol–water partition coefficient (Wildman–Crippen LogP) is -0.283. The van der Waals surface area contributed by atoms with E-state index in [9.17, 15) is 23.1 Å². The van der Waals surface area contributed by atoms with Crippen molar-refractivity contribution in [3.63, 3.8) is 0 Å². The minimum absolute atomic E-state index is 0.0498. The third-order valence-corrected chi connectivity index (χ3v) is 6.09. The normalized spacial score (nSPS) is 21.1. The molecular weight excluding hydrogens is 348 g/mol. The van der Waals surface area contributed by atoms with Crippen LogP contribution in [0.15, 0.2) is 23.1 Å². The molecule has 0 bridgehead atoms. The van der Waals surface area contributed by atoms with E-state index in [-0.39, 0.29) is 17.9 Å². The molecule has 2 atom stereocenters. The number of carbonyl (C=O) groups is 2. The van der Waals surface area contributed by atoms with Gasteiger partial charge >= 0.3 is 5.97 Å². The molecule has 25 heavy (non-hydrogen) atoms. The molecule has 0 spiro atoms. The van der Waals surface area contributed by atoms with Crippen LogP contribution in [0.2, 0.25) is 0 Å². The van der Waals surface area contributed by atoms with Crippen LogP contribution < -0.4 is 5.32 Å². The molecule has 0 radical (unpaired) electrons. The third kappa shape index (κ3) is 4.17. The Bertz CT molecular complexity index is 777. The van der Waals surface area contributed by atoms with E-state index in [1.54, 1.807) is 13.0 Å². The van der Waals surface area contributed by atoms with E-state index in [1.165, 1.54) is 19.2 Å². The van der Waals surface area contributed by atoms with Gasteiger partial charge in [0.25, 0.3) is 5.91 Å². The number of likely N-dealkylation sites (N-methyl/N-ethyl adjacent to an activating group) is 1. The first-order valence-electron chi connectivity index (χ1n) is 7.81. The standard InChI is InChI=1S/C16H22N2O6S/c1-10-4-5-13(6-11(10)2)25(22,23)18-8-12(19)7-14(18)16(21)24-9-15(20)17-3/h4-6,12,14,19H,7-9H2,1-3H3,(H,17,20)/t12-,14+/m1/s1. The monoisotopic (exact) mass is 370 g/mol. The lowest BCUT2D eigenvalue weighted by Gasteiger charge is -2.22. The van der Waals surface area contributed by atoms with Gasteiger partial charge in [0.15, 0.2) is 6.61 Å². The van der Waals surface area contributed by atoms with Crippen LogP contribution in [0.4, 0.5) is 0 Å². The zero-order valence-corrected chi connectivity index (χ0v) is 15.2. The van der Waals surface area contributed by atoms with Crippen LogP contribution in [0.3, 0.4) is 0 Å². The summed E-state index contributed by atoms with van der Waals surface area (Å²) < 4.78 is 31.6. The lowest BCUT2D eigenvalue weighted by Crippen LogP contribution is -2.42. The maximum absolute atomic E-state index is 12.9. The number of aliphatic hydroxyl groups is 1. The molecule has 1 aromatic rings. The number of β-amino-alcohol motifs (C(OH)–C–C–N with tert-alkyl or cyclic N) is 1. The highest BCUT2D eigenvalue weighted by atomic mass is 32.2. The summed E-state index contributed by atoms with van der Waals surface area (Å²) in [7, 11) is -2.58. The number of benzene rings is 1. The van der Waals surface area contributed by atoms with Gasteiger partial charge in [-0.05, 0) is 37.1 Å². The number of nitrogens with one attached hydrogen (secondary N) is 1. The van der Waals surface area contributed by atoms with E-state index < -0.39 is 40.7 Å². The van der Waals surface area contributed by atoms with Crippen molar-refractivity contribution in [1.29, 1.82) is 0 Å². The quantitative estimate of drug-likeness (QED) is 0.689. The van der Waals surface area contributed by atoms with Gasteiger partial charge in [-0.1, -0.05) is 6.07 Å². The Balaban J connectivity index is 2.26. The van der Waals surface area contributed by atoms with Gasteiger partial charge in [0, 0.05) is 20.0 Å². The van der Waals surface area contributed by atoms with Gasteiger partial charge in [-0.3, -0.25) is 9.59 Å². The Labute approximate surface area is 146 Å². The maximum Gasteiger partial charge on any atom is 0.325 e. The number of hydrogen-bond acceptors (Lipinski definition) is 6. The molecule has 0 saturated carbocycles. The fraction of sp³-hybridized carbons (Fsp3) is 0.500. The number of rotatable bonds is 5. The van der Waals surface area contributed by atoms with E-state index in [1.807, 2.05) is 6.92 Å². The molecule has 0 aromatic heterocycles. The molecule has 9 heteroatoms. The van der Waals surface area contributed by atoms with Crippen LogP contribution in [0.5, 0.6) is 0 Å². The molecule has 1 heterocycles. The minimum atomic E-state index is -3.98. The second-order valence-corrected chi connectivity index (χ2v) is 7.90. The van der Waals surface area contributed by atoms with Gasteiger partial charge in [-0.15, -0.1) is 0 Å². The number of ether oxygens (including phenoxy) is 1. The summed E-state index contributed by atoms with van der Waals surface area (Å²) in [4.78, 5) is 23.4. The zero-order chi connectivity index (χ0) is 18.8. The van der Waals surface area contributed by atoms with Crippen molar-refractivity contribution in [2.24, 2.45) is 0 Å². The van der Waals surface area contributed by atoms with Gasteiger partial charge in [0.2, 0.25) is 10.0 Å². The predicted molar refractivity (Wildman–Crippen MR) is 89.2 cm³/mol. The van der Waals surface area contributed by atoms with Gasteiger partial charge < -0.3 is 15.2 Å². The van der Waals surface area contributed by atoms with Crippen molar-refractivity contribution in [2.45, 2.75) is 37.3 Å². The number of sulfonamides is 1. The number of hydrogen-bond donors (Lipinski definition) is 2. The molecule has 1 fully saturated rings. The van der Waals surface area contributed by atoms with Crippen molar-refractivity contribution in [2.75, 3.05) is 20.2 Å². The van der Waals surface area contributed by atoms with Crippen LogP contribution >= 0.6 is 0 Å². The van der Waals surface area contributed by atoms with E-state index >= 15 is 0 Å². The second-order valence-electron chi connectivity index (χ2n) is 6.01. The lowest BCUT2D eigenvalue weighted by molar-refractivity contribution is -0.151. The Morgan fingerprint density at radius 1 is 1.32 bits per heavy atom. The van der Waals surface area contributed by atoms with Crippen molar-refractivity contribution < 1.29 is 27.9 Å². The van der Waals surface area contributed by atoms with Crippen LogP contribution in [-0.2, 0) is 24.3 Å². The number of amides is 1. The van der Waals surface area contributed by atoms with Crippen LogP contribution in [0, 0.1) is 13.8 Å². The second kappa shape index (κ2) is 7.51. The molecule has 2 N–H and O–H groups in total. The lowest BCUT2D eigenvalue weighted by atomic mass is 10.1. The molecule has 1 aliphatic rings. The van der Waals surface area contributed by atoms with Crippen molar-refractivity contribution >= 4 is 21.9 Å². The summed E-state index contributed by atoms with van der Waals surface area (Å²) in [5, 5.41) is 12.2. The van der Waals surface area contributed by atoms with Gasteiger partial charge in [-0.2, -0.15) is 4.31 Å². The third-order valence-electron chi connectivity index (χ3n) is 4.22. The number of aliphatic hydroxyl groups excluding tert-OH is 1. The number of carbonyl (C=O) groups excluding carboxylic acids is 2. The maximum atomic E-state index is 12.9. The summed E-state index contributed by atoms with van der Waals surface area (Å²) in [6.45, 7) is 2.96. The Kier molecular flexibility index (Phi) is 5.81. The molecule has 1 saturated heterocycles. The van der Waals surface area contributed by atoms with Crippen molar-refractivity contribution in [3.05, 3.63) is 29.3 Å². The zero-order valence-electron chi connectivity index (χ0n) is 14.4. The number of esters is 1. The number of nitrogens with zero attached hydrogens (tertiary/aromatic N) is 1. The van der Waals surface area contributed by atoms with E-state index in [4.69, 9.17) is 4.74 Å². The summed E-state index contributed by atoms with van der Waals surface area (Å²) in [6.07, 6.45) is -1.05. The van der Waals surface area contributed by atoms with Gasteiger partial charge in [-0.25, -0.2) is 8.42 Å². The van der Waals surface area contributed by atoms with Crippen molar-refractivity contribution in [1.82, 2.24) is 9.62 Å². The molecule has 0 aliphatic carbocycles. The highest BCUT2D eigenvalue weighted by Gasteiger charge is 2.44. The van der Waals surface area contributed by atoms with Gasteiger partial charge in [0.1, 0.15) is 6.04 Å². The summed E-state index contributed by atoms with van der Waals surface area (Å²) >= 11 is 0. The topological polar surface area (TPSA) is 113 Å². The minimum Gasteiger partial charge on any atom is -0.454 e. The van der Waals surface area contributed by atoms with Crippen molar-refractivity contribution in [3.8, 4) is 0 Å². The van der Waals surface area contributed by atoms with Crippen LogP contribution in [0.25, 0.3) is 0 Å². The highest BCUT2D eigenvalue weighted by molar-refractivity contribution is 7.89. The van der Waals surface area contributed by atoms with Crippen LogP contribution in [-0.4, -0.2) is 62.1 Å².